The van der Waals surface area contributed by atoms with Crippen molar-refractivity contribution in [3.63, 3.8) is 0 Å². The molecule has 1 N–H and O–H groups in total. The molecule has 0 aliphatic carbocycles. The summed E-state index contributed by atoms with van der Waals surface area (Å²) in [6.45, 7) is 8.40. The lowest BCUT2D eigenvalue weighted by Gasteiger charge is -2.34. The van der Waals surface area contributed by atoms with Gasteiger partial charge >= 0.3 is 6.03 Å². The molecular formula is C26H27N7O3. The van der Waals surface area contributed by atoms with E-state index >= 15 is 0 Å². The summed E-state index contributed by atoms with van der Waals surface area (Å²) in [5, 5.41) is 2.89. The number of urea groups is 1. The predicted octanol–water partition coefficient (Wildman–Crippen LogP) is 3.87. The molecule has 36 heavy (non-hydrogen) atoms. The van der Waals surface area contributed by atoms with Gasteiger partial charge in [-0.15, -0.1) is 0 Å². The van der Waals surface area contributed by atoms with Crippen LogP contribution in [0, 0.1) is 13.8 Å². The van der Waals surface area contributed by atoms with Gasteiger partial charge in [-0.25, -0.2) is 19.8 Å². The van der Waals surface area contributed by atoms with Gasteiger partial charge in [-0.3, -0.25) is 19.6 Å². The van der Waals surface area contributed by atoms with Crippen LogP contribution in [0.25, 0.3) is 0 Å². The van der Waals surface area contributed by atoms with Gasteiger partial charge in [0.15, 0.2) is 0 Å². The maximum Gasteiger partial charge on any atom is 0.330 e. The highest BCUT2D eigenvalue weighted by atomic mass is 16.5. The van der Waals surface area contributed by atoms with Crippen molar-refractivity contribution in [2.45, 2.75) is 39.8 Å². The van der Waals surface area contributed by atoms with Gasteiger partial charge in [-0.05, 0) is 52.0 Å². The van der Waals surface area contributed by atoms with Gasteiger partial charge in [0, 0.05) is 29.9 Å². The maximum atomic E-state index is 13.2. The number of amides is 3. The number of fused-ring (bicyclic) bond motifs is 1. The van der Waals surface area contributed by atoms with E-state index in [4.69, 9.17) is 4.74 Å². The van der Waals surface area contributed by atoms with Gasteiger partial charge in [-0.1, -0.05) is 6.07 Å². The minimum Gasteiger partial charge on any atom is -0.475 e. The Morgan fingerprint density at radius 3 is 2.69 bits per heavy atom. The summed E-state index contributed by atoms with van der Waals surface area (Å²) >= 11 is 0. The van der Waals surface area contributed by atoms with E-state index in [0.29, 0.717) is 53.3 Å². The van der Waals surface area contributed by atoms with Gasteiger partial charge in [0.25, 0.3) is 5.91 Å². The Bertz CT molecular complexity index is 1420. The Balaban J connectivity index is 1.39. The van der Waals surface area contributed by atoms with Gasteiger partial charge in [0.1, 0.15) is 18.2 Å². The average molecular weight is 486 g/mol. The molecule has 0 saturated heterocycles. The van der Waals surface area contributed by atoms with Crippen LogP contribution >= 0.6 is 0 Å². The van der Waals surface area contributed by atoms with Crippen molar-refractivity contribution in [2.75, 3.05) is 28.8 Å². The van der Waals surface area contributed by atoms with Crippen molar-refractivity contribution in [2.24, 2.45) is 4.99 Å². The Labute approximate surface area is 209 Å². The molecule has 0 spiro atoms. The van der Waals surface area contributed by atoms with Crippen LogP contribution in [0.4, 0.5) is 22.0 Å². The van der Waals surface area contributed by atoms with Crippen molar-refractivity contribution in [3.8, 4) is 0 Å². The lowest BCUT2D eigenvalue weighted by Crippen LogP contribution is -2.46. The molecule has 0 fully saturated rings. The first-order valence-electron chi connectivity index (χ1n) is 11.6. The van der Waals surface area contributed by atoms with Crippen molar-refractivity contribution in [1.82, 2.24) is 15.0 Å². The second kappa shape index (κ2) is 8.71. The van der Waals surface area contributed by atoms with Crippen LogP contribution in [0.1, 0.15) is 46.9 Å². The molecule has 0 atom stereocenters. The molecule has 5 rings (SSSR count). The number of aryl methyl sites for hydroxylation is 2. The highest BCUT2D eigenvalue weighted by Crippen LogP contribution is 2.32. The molecule has 2 aliphatic rings. The third kappa shape index (κ3) is 4.37. The number of benzene rings is 1. The van der Waals surface area contributed by atoms with Crippen LogP contribution in [-0.2, 0) is 11.3 Å². The van der Waals surface area contributed by atoms with Gasteiger partial charge in [0.2, 0.25) is 5.90 Å². The van der Waals surface area contributed by atoms with E-state index in [2.05, 4.69) is 25.3 Å². The molecular weight excluding hydrogens is 458 g/mol. The SMILES string of the molecule is Cc1ncc2c(n1)N(C)C(=O)N(c1cc(NC(=O)c3cccc(C4=NC(C)(C)CO4)c3)cnc1C)C2. The van der Waals surface area contributed by atoms with Gasteiger partial charge in [0.05, 0.1) is 35.3 Å². The largest absolute Gasteiger partial charge is 0.475 e. The first-order valence-corrected chi connectivity index (χ1v) is 11.6. The van der Waals surface area contributed by atoms with Crippen LogP contribution < -0.4 is 15.1 Å². The van der Waals surface area contributed by atoms with Crippen LogP contribution in [-0.4, -0.2) is 52.0 Å². The quantitative estimate of drug-likeness (QED) is 0.600. The van der Waals surface area contributed by atoms with E-state index in [1.807, 2.05) is 26.8 Å². The lowest BCUT2D eigenvalue weighted by atomic mass is 10.1. The zero-order valence-electron chi connectivity index (χ0n) is 20.9. The first kappa shape index (κ1) is 23.4. The van der Waals surface area contributed by atoms with E-state index in [9.17, 15) is 9.59 Å². The van der Waals surface area contributed by atoms with Crippen LogP contribution in [0.2, 0.25) is 0 Å². The van der Waals surface area contributed by atoms with Crippen LogP contribution in [0.5, 0.6) is 0 Å². The molecule has 4 heterocycles. The number of aliphatic imine (C=N–C) groups is 1. The van der Waals surface area contributed by atoms with E-state index in [-0.39, 0.29) is 17.5 Å². The number of nitrogens with zero attached hydrogens (tertiary/aromatic N) is 6. The van der Waals surface area contributed by atoms with E-state index in [1.165, 1.54) is 4.90 Å². The number of ether oxygens (including phenoxy) is 1. The van der Waals surface area contributed by atoms with Crippen molar-refractivity contribution in [3.05, 3.63) is 70.9 Å². The number of pyridine rings is 1. The summed E-state index contributed by atoms with van der Waals surface area (Å²) < 4.78 is 5.71. The summed E-state index contributed by atoms with van der Waals surface area (Å²) in [6, 6.07) is 8.66. The second-order valence-electron chi connectivity index (χ2n) is 9.58. The zero-order chi connectivity index (χ0) is 25.6. The maximum absolute atomic E-state index is 13.2. The molecule has 2 aliphatic heterocycles. The van der Waals surface area contributed by atoms with Crippen molar-refractivity contribution in [1.29, 1.82) is 0 Å². The monoisotopic (exact) mass is 485 g/mol. The molecule has 1 aromatic carbocycles. The summed E-state index contributed by atoms with van der Waals surface area (Å²) in [4.78, 5) is 47.0. The highest BCUT2D eigenvalue weighted by molar-refractivity contribution is 6.08. The number of nitrogens with one attached hydrogen (secondary N) is 1. The molecule has 0 unspecified atom stereocenters. The number of hydrogen-bond donors (Lipinski definition) is 1. The molecule has 10 nitrogen and oxygen atoms in total. The lowest BCUT2D eigenvalue weighted by molar-refractivity contribution is 0.102. The summed E-state index contributed by atoms with van der Waals surface area (Å²) in [6.07, 6.45) is 3.31. The molecule has 10 heteroatoms. The fraction of sp³-hybridized carbons (Fsp3) is 0.308. The summed E-state index contributed by atoms with van der Waals surface area (Å²) in [7, 11) is 1.68. The molecule has 0 saturated carbocycles. The van der Waals surface area contributed by atoms with E-state index in [0.717, 1.165) is 11.1 Å². The van der Waals surface area contributed by atoms with Crippen molar-refractivity contribution < 1.29 is 14.3 Å². The average Bonchev–Trinajstić information content (AvgIpc) is 3.23. The number of hydrogen-bond acceptors (Lipinski definition) is 7. The van der Waals surface area contributed by atoms with E-state index in [1.54, 1.807) is 55.5 Å². The molecule has 2 aromatic heterocycles. The Morgan fingerprint density at radius 1 is 1.14 bits per heavy atom. The minimum absolute atomic E-state index is 0.234. The standard InChI is InChI=1S/C26H27N7O3/c1-15-21(33-13-19-11-28-16(2)29-22(19)32(5)25(33)35)10-20(12-27-15)30-23(34)17-7-6-8-18(9-17)24-31-26(3,4)14-36-24/h6-12H,13-14H2,1-5H3,(H,30,34). The minimum atomic E-state index is -0.303. The smallest absolute Gasteiger partial charge is 0.330 e. The molecule has 0 radical (unpaired) electrons. The number of carbonyl (C=O) groups excluding carboxylic acids is 2. The second-order valence-corrected chi connectivity index (χ2v) is 9.58. The molecule has 3 amide bonds. The molecule has 184 valence electrons. The number of carbonyl (C=O) groups is 2. The third-order valence-electron chi connectivity index (χ3n) is 6.07. The summed E-state index contributed by atoms with van der Waals surface area (Å²) in [5.74, 6) is 1.42. The van der Waals surface area contributed by atoms with Crippen LogP contribution in [0.3, 0.4) is 0 Å². The Hall–Kier alpha value is -4.34. The van der Waals surface area contributed by atoms with E-state index < -0.39 is 0 Å². The molecule has 0 bridgehead atoms. The number of rotatable bonds is 4. The normalized spacial score (nSPS) is 16.4. The Morgan fingerprint density at radius 2 is 1.94 bits per heavy atom. The van der Waals surface area contributed by atoms with Crippen molar-refractivity contribution >= 4 is 35.0 Å². The molecule has 3 aromatic rings. The number of aromatic nitrogens is 3. The third-order valence-corrected chi connectivity index (χ3v) is 6.07. The zero-order valence-corrected chi connectivity index (χ0v) is 20.9. The topological polar surface area (TPSA) is 113 Å². The predicted molar refractivity (Wildman–Crippen MR) is 137 cm³/mol. The van der Waals surface area contributed by atoms with Gasteiger partial charge in [-0.2, -0.15) is 0 Å². The van der Waals surface area contributed by atoms with Gasteiger partial charge < -0.3 is 10.1 Å². The Kier molecular flexibility index (Phi) is 5.66. The fourth-order valence-electron chi connectivity index (χ4n) is 4.17. The first-order chi connectivity index (χ1) is 17.1. The van der Waals surface area contributed by atoms with Crippen LogP contribution in [0.15, 0.2) is 47.7 Å². The summed E-state index contributed by atoms with van der Waals surface area (Å²) in [5.41, 5.74) is 3.47. The highest BCUT2D eigenvalue weighted by Gasteiger charge is 2.32. The fourth-order valence-corrected chi connectivity index (χ4v) is 4.17. The number of anilines is 3.